The van der Waals surface area contributed by atoms with Crippen LogP contribution in [0.4, 0.5) is 34.1 Å². The smallest absolute Gasteiger partial charge is 0.0970 e. The average Bonchev–Trinajstić information content (AvgIpc) is 1.56. The summed E-state index contributed by atoms with van der Waals surface area (Å²) >= 11 is 2.53. The highest BCUT2D eigenvalue weighted by molar-refractivity contribution is 7.74. The molecular formula is C123H99N4OS-. The molecule has 0 saturated carbocycles. The number of fused-ring (bicyclic) bond motifs is 8. The summed E-state index contributed by atoms with van der Waals surface area (Å²) in [5, 5.41) is 15.2. The molecule has 0 spiro atoms. The molecule has 18 aromatic carbocycles. The van der Waals surface area contributed by atoms with Crippen molar-refractivity contribution in [2.24, 2.45) is 11.3 Å². The summed E-state index contributed by atoms with van der Waals surface area (Å²) in [5.41, 5.74) is 35.3. The van der Waals surface area contributed by atoms with Crippen LogP contribution in [0.15, 0.2) is 424 Å². The second kappa shape index (κ2) is 33.2. The molecule has 2 heterocycles. The minimum atomic E-state index is -0.133. The number of hydrogen-bond acceptors (Lipinski definition) is 6. The second-order valence-electron chi connectivity index (χ2n) is 37.1. The van der Waals surface area contributed by atoms with E-state index in [0.29, 0.717) is 11.8 Å². The van der Waals surface area contributed by atoms with E-state index < -0.39 is 0 Å². The van der Waals surface area contributed by atoms with Gasteiger partial charge in [-0.25, -0.2) is 0 Å². The van der Waals surface area contributed by atoms with Gasteiger partial charge in [-0.05, 0) is 263 Å². The van der Waals surface area contributed by atoms with Crippen LogP contribution in [0.25, 0.3) is 155 Å². The largest absolute Gasteiger partial charge is 1.00 e. The van der Waals surface area contributed by atoms with Crippen molar-refractivity contribution in [3.8, 4) is 66.8 Å². The lowest BCUT2D eigenvalue weighted by Gasteiger charge is -2.39. The van der Waals surface area contributed by atoms with E-state index in [1.54, 1.807) is 0 Å². The molecule has 624 valence electrons. The number of para-hydroxylation sites is 2. The van der Waals surface area contributed by atoms with Gasteiger partial charge in [0, 0.05) is 73.9 Å². The minimum absolute atomic E-state index is 0. The van der Waals surface area contributed by atoms with Crippen LogP contribution in [0.3, 0.4) is 0 Å². The molecule has 0 amide bonds. The first-order chi connectivity index (χ1) is 63.0. The standard InChI is InChI=1S/C55H48.C44H32N2.C24H16N2.H2OS.H/c1-53(2,3)39-25-35-11-9-31-13-19-41(45-23-17-37(27-39)49(35)51(31)45)33-15-21-43-44-22-16-34(30-48(44)55(7,8)47(43)29-33)42-20-14-32-10-12-36-26-40(54(4,5)6)28-38-18-24-46(42)52(32)50(36)38;1-3-17-37(18-4-1)45(43-23-11-15-35-13-7-9-21-41(35)43)39-29-25-33(26-30-39)34-27-31-40(32-28-34)46(38-19-5-2-6-20-38)44-24-12-16-36-14-8-10-22-42(36)44;1-3-7-17(8-4-1)19-13-15-25-23-21(19)11-12-22-20(14-16-26-24(22)23)18-9-5-2-6-10-18;1-2;/h9-30,35,49H,1-8H3;1-32H;1-16H;1-2H;/q;;;;-1/i;;;;1+2. The van der Waals surface area contributed by atoms with Crippen molar-refractivity contribution in [3.05, 3.63) is 457 Å². The van der Waals surface area contributed by atoms with Gasteiger partial charge in [0.2, 0.25) is 0 Å². The van der Waals surface area contributed by atoms with E-state index in [1.165, 1.54) is 165 Å². The number of allylic oxidation sites excluding steroid dienone is 6. The molecular weight excluding hydrogens is 1580 g/mol. The number of benzene rings is 18. The lowest BCUT2D eigenvalue weighted by atomic mass is 9.65. The fourth-order valence-corrected chi connectivity index (χ4v) is 20.5. The zero-order valence-corrected chi connectivity index (χ0v) is 74.6. The average molecular weight is 1680 g/mol. The van der Waals surface area contributed by atoms with Gasteiger partial charge in [-0.3, -0.25) is 9.97 Å². The zero-order valence-electron chi connectivity index (χ0n) is 74.8. The van der Waals surface area contributed by atoms with Crippen LogP contribution >= 0.6 is 12.9 Å². The van der Waals surface area contributed by atoms with Crippen molar-refractivity contribution in [3.63, 3.8) is 0 Å². The van der Waals surface area contributed by atoms with Gasteiger partial charge in [0.05, 0.1) is 22.4 Å². The summed E-state index contributed by atoms with van der Waals surface area (Å²) in [6.07, 6.45) is 18.3. The Balaban J connectivity index is 0.000000127. The van der Waals surface area contributed by atoms with Crippen LogP contribution in [0, 0.1) is 11.3 Å². The summed E-state index contributed by atoms with van der Waals surface area (Å²) in [5.74, 6) is 0.790. The molecule has 0 saturated heterocycles. The van der Waals surface area contributed by atoms with Gasteiger partial charge < -0.3 is 15.8 Å². The van der Waals surface area contributed by atoms with E-state index in [9.17, 15) is 0 Å². The van der Waals surface area contributed by atoms with Crippen molar-refractivity contribution in [2.45, 2.75) is 72.1 Å². The van der Waals surface area contributed by atoms with Crippen LogP contribution in [-0.2, 0) is 10.8 Å². The van der Waals surface area contributed by atoms with Gasteiger partial charge in [-0.15, -0.1) is 0 Å². The number of anilines is 6. The van der Waals surface area contributed by atoms with E-state index in [0.717, 1.165) is 55.9 Å². The number of aromatic nitrogens is 2. The Hall–Kier alpha value is -14.8. The second-order valence-corrected chi connectivity index (χ2v) is 37.1. The normalized spacial score (nSPS) is 14.4. The van der Waals surface area contributed by atoms with Crippen molar-refractivity contribution < 1.29 is 5.98 Å². The minimum Gasteiger partial charge on any atom is -1.00 e. The van der Waals surface area contributed by atoms with E-state index in [2.05, 4.69) is 489 Å². The maximum atomic E-state index is 6.69. The molecule has 2 atom stereocenters. The molecule has 4 aliphatic carbocycles. The van der Waals surface area contributed by atoms with Crippen molar-refractivity contribution in [1.82, 2.24) is 9.97 Å². The number of rotatable bonds is 11. The third kappa shape index (κ3) is 14.7. The van der Waals surface area contributed by atoms with Gasteiger partial charge in [-0.1, -0.05) is 383 Å². The highest BCUT2D eigenvalue weighted by atomic mass is 32.1. The Labute approximate surface area is 762 Å². The lowest BCUT2D eigenvalue weighted by Crippen LogP contribution is -2.24. The zero-order chi connectivity index (χ0) is 87.8. The van der Waals surface area contributed by atoms with Crippen molar-refractivity contribution in [1.29, 1.82) is 0 Å². The maximum absolute atomic E-state index is 6.69. The van der Waals surface area contributed by atoms with E-state index in [1.807, 2.05) is 24.5 Å². The van der Waals surface area contributed by atoms with Gasteiger partial charge in [0.15, 0.2) is 0 Å². The van der Waals surface area contributed by atoms with Gasteiger partial charge in [-0.2, -0.15) is 0 Å². The fraction of sp³-hybridized carbons (Fsp3) is 0.106. The summed E-state index contributed by atoms with van der Waals surface area (Å²) in [7, 11) is 0. The van der Waals surface area contributed by atoms with Crippen LogP contribution in [0.1, 0.15) is 96.1 Å². The summed E-state index contributed by atoms with van der Waals surface area (Å²) in [6.45, 7) is 18.8. The highest BCUT2D eigenvalue weighted by Gasteiger charge is 2.39. The lowest BCUT2D eigenvalue weighted by molar-refractivity contribution is 0.499. The Morgan fingerprint density at radius 2 is 0.760 bits per heavy atom. The quantitative estimate of drug-likeness (QED) is 0.0768. The van der Waals surface area contributed by atoms with Crippen molar-refractivity contribution >= 4 is 135 Å². The predicted octanol–water partition coefficient (Wildman–Crippen LogP) is 34.4. The summed E-state index contributed by atoms with van der Waals surface area (Å²) in [4.78, 5) is 14.0. The van der Waals surface area contributed by atoms with E-state index in [4.69, 9.17) is 4.55 Å². The highest BCUT2D eigenvalue weighted by Crippen LogP contribution is 2.56. The van der Waals surface area contributed by atoms with Crippen molar-refractivity contribution in [2.75, 3.05) is 9.80 Å². The van der Waals surface area contributed by atoms with Crippen LogP contribution in [0.5, 0.6) is 0 Å². The first-order valence-corrected chi connectivity index (χ1v) is 45.2. The molecule has 129 heavy (non-hydrogen) atoms. The van der Waals surface area contributed by atoms with E-state index in [-0.39, 0.29) is 17.7 Å². The molecule has 2 aromatic heterocycles. The molecule has 2 unspecified atom stereocenters. The number of pyridine rings is 2. The molecule has 6 heteroatoms. The monoisotopic (exact) mass is 1680 g/mol. The Kier molecular flexibility index (Phi) is 20.9. The molecule has 4 aliphatic rings. The maximum Gasteiger partial charge on any atom is 0.0970 e. The molecule has 0 radical (unpaired) electrons. The first-order valence-electron chi connectivity index (χ1n) is 44.8. The summed E-state index contributed by atoms with van der Waals surface area (Å²) in [6, 6.07) is 137. The molecule has 24 rings (SSSR count). The number of hydrogen-bond donors (Lipinski definition) is 2. The summed E-state index contributed by atoms with van der Waals surface area (Å²) < 4.78 is 6.69. The molecule has 20 aromatic rings. The Morgan fingerprint density at radius 1 is 0.333 bits per heavy atom. The molecule has 1 N–H and O–H groups in total. The van der Waals surface area contributed by atoms with Gasteiger partial charge in [0.1, 0.15) is 0 Å². The Bertz CT molecular complexity index is 7570. The van der Waals surface area contributed by atoms with Crippen LogP contribution in [0.2, 0.25) is 0 Å². The van der Waals surface area contributed by atoms with E-state index >= 15 is 0 Å². The number of nitrogens with zero attached hydrogens (tertiary/aromatic N) is 4. The predicted molar refractivity (Wildman–Crippen MR) is 554 cm³/mol. The molecule has 0 bridgehead atoms. The Morgan fingerprint density at radius 3 is 1.28 bits per heavy atom. The molecule has 5 nitrogen and oxygen atoms in total. The third-order valence-corrected chi connectivity index (χ3v) is 27.1. The fourth-order valence-electron chi connectivity index (χ4n) is 20.5. The first kappa shape index (κ1) is 81.3. The molecule has 0 fully saturated rings. The molecule has 0 aliphatic heterocycles. The SMILES string of the molecule is CC(C)(C)C1=CC2C=Cc3ccc(-c4ccc5c(c4)C(C)(C)c4cc(-c6ccc7ccc8cc(C(C)(C)C)cc9ccc6c7c89)ccc4-5)c4c3C2C(=C1)C=C4.OS.[3H-].c1ccc(-c2ccnc3c2ccc2c(-c4ccccc4)ccnc23)cc1.c1ccc(N(c2ccc(-c3ccc(N(c4ccccc4)c4cccc5ccccc45)cc3)cc2)c2cccc3ccccc23)cc1. The third-order valence-electron chi connectivity index (χ3n) is 27.1. The van der Waals surface area contributed by atoms with Crippen LogP contribution < -0.4 is 9.80 Å². The van der Waals surface area contributed by atoms with Gasteiger partial charge >= 0.3 is 0 Å². The van der Waals surface area contributed by atoms with Crippen LogP contribution in [-0.4, -0.2) is 14.5 Å². The number of thiol groups is 1. The topological polar surface area (TPSA) is 52.5 Å². The van der Waals surface area contributed by atoms with Gasteiger partial charge in [0.25, 0.3) is 0 Å².